The van der Waals surface area contributed by atoms with Crippen LogP contribution in [-0.2, 0) is 10.0 Å². The highest BCUT2D eigenvalue weighted by Gasteiger charge is 2.24. The first-order valence-corrected chi connectivity index (χ1v) is 7.06. The Bertz CT molecular complexity index is 748. The van der Waals surface area contributed by atoms with Crippen LogP contribution in [0.2, 0.25) is 0 Å². The first-order valence-electron chi connectivity index (χ1n) is 5.62. The molecule has 0 bridgehead atoms. The highest BCUT2D eigenvalue weighted by atomic mass is 32.2. The van der Waals surface area contributed by atoms with Crippen molar-refractivity contribution >= 4 is 21.4 Å². The van der Waals surface area contributed by atoms with Crippen LogP contribution in [-0.4, -0.2) is 15.5 Å². The average Bonchev–Trinajstić information content (AvgIpc) is 2.41. The summed E-state index contributed by atoms with van der Waals surface area (Å²) in [7, 11) is -2.86. The quantitative estimate of drug-likeness (QED) is 0.885. The normalized spacial score (nSPS) is 11.3. The summed E-state index contributed by atoms with van der Waals surface area (Å²) >= 11 is 0. The standard InChI is InChI=1S/C13H12F2N2O2S/c1-17(13-5-3-2-4-10(13)14)20(18,19)9-6-7-12(16)11(15)8-9/h2-8H,16H2,1H3. The zero-order valence-electron chi connectivity index (χ0n) is 10.5. The molecule has 0 amide bonds. The molecule has 0 saturated heterocycles. The lowest BCUT2D eigenvalue weighted by Crippen LogP contribution is -2.27. The molecule has 0 spiro atoms. The second-order valence-electron chi connectivity index (χ2n) is 4.11. The maximum Gasteiger partial charge on any atom is 0.264 e. The van der Waals surface area contributed by atoms with Gasteiger partial charge < -0.3 is 5.73 Å². The molecular formula is C13H12F2N2O2S. The van der Waals surface area contributed by atoms with Crippen LogP contribution in [0.15, 0.2) is 47.4 Å². The Morgan fingerprint density at radius 2 is 1.70 bits per heavy atom. The summed E-state index contributed by atoms with van der Waals surface area (Å²) in [5.41, 5.74) is 5.02. The van der Waals surface area contributed by atoms with Crippen LogP contribution in [0.25, 0.3) is 0 Å². The lowest BCUT2D eigenvalue weighted by Gasteiger charge is -2.20. The van der Waals surface area contributed by atoms with Gasteiger partial charge in [-0.15, -0.1) is 0 Å². The van der Waals surface area contributed by atoms with E-state index in [0.717, 1.165) is 22.5 Å². The van der Waals surface area contributed by atoms with Gasteiger partial charge in [0, 0.05) is 7.05 Å². The minimum absolute atomic E-state index is 0.121. The van der Waals surface area contributed by atoms with Gasteiger partial charge in [0.25, 0.3) is 10.0 Å². The number of nitrogen functional groups attached to an aromatic ring is 1. The second-order valence-corrected chi connectivity index (χ2v) is 6.08. The van der Waals surface area contributed by atoms with Crippen LogP contribution < -0.4 is 10.0 Å². The molecule has 0 aliphatic carbocycles. The predicted octanol–water partition coefficient (Wildman–Crippen LogP) is 2.37. The van der Waals surface area contributed by atoms with Crippen molar-refractivity contribution in [1.82, 2.24) is 0 Å². The monoisotopic (exact) mass is 298 g/mol. The molecule has 4 nitrogen and oxygen atoms in total. The van der Waals surface area contributed by atoms with Crippen molar-refractivity contribution in [2.75, 3.05) is 17.1 Å². The molecule has 0 saturated carbocycles. The van der Waals surface area contributed by atoms with Gasteiger partial charge in [-0.05, 0) is 30.3 Å². The van der Waals surface area contributed by atoms with E-state index >= 15 is 0 Å². The summed E-state index contributed by atoms with van der Waals surface area (Å²) in [5, 5.41) is 0. The van der Waals surface area contributed by atoms with Crippen LogP contribution in [0.1, 0.15) is 0 Å². The summed E-state index contributed by atoms with van der Waals surface area (Å²) in [4.78, 5) is -0.296. The highest BCUT2D eigenvalue weighted by molar-refractivity contribution is 7.92. The molecule has 20 heavy (non-hydrogen) atoms. The number of hydrogen-bond donors (Lipinski definition) is 1. The lowest BCUT2D eigenvalue weighted by atomic mass is 10.3. The van der Waals surface area contributed by atoms with Crippen molar-refractivity contribution < 1.29 is 17.2 Å². The molecule has 0 atom stereocenters. The van der Waals surface area contributed by atoms with Gasteiger partial charge >= 0.3 is 0 Å². The van der Waals surface area contributed by atoms with E-state index in [0.29, 0.717) is 0 Å². The van der Waals surface area contributed by atoms with E-state index in [1.165, 1.54) is 31.3 Å². The summed E-state index contributed by atoms with van der Waals surface area (Å²) in [6.07, 6.45) is 0. The average molecular weight is 298 g/mol. The highest BCUT2D eigenvalue weighted by Crippen LogP contribution is 2.25. The Balaban J connectivity index is 2.50. The molecule has 2 aromatic rings. The molecule has 0 aromatic heterocycles. The number of nitrogens with two attached hydrogens (primary N) is 1. The second kappa shape index (κ2) is 5.09. The van der Waals surface area contributed by atoms with Gasteiger partial charge in [-0.3, -0.25) is 4.31 Å². The summed E-state index contributed by atoms with van der Waals surface area (Å²) in [6, 6.07) is 8.55. The van der Waals surface area contributed by atoms with Crippen LogP contribution in [0.3, 0.4) is 0 Å². The lowest BCUT2D eigenvalue weighted by molar-refractivity contribution is 0.586. The van der Waals surface area contributed by atoms with Crippen LogP contribution in [0.5, 0.6) is 0 Å². The third-order valence-corrected chi connectivity index (χ3v) is 4.59. The molecule has 0 unspecified atom stereocenters. The van der Waals surface area contributed by atoms with Gasteiger partial charge in [0.2, 0.25) is 0 Å². The molecule has 2 aromatic carbocycles. The fourth-order valence-corrected chi connectivity index (χ4v) is 2.88. The third-order valence-electron chi connectivity index (χ3n) is 2.82. The maximum absolute atomic E-state index is 13.6. The Labute approximate surface area is 115 Å². The Kier molecular flexibility index (Phi) is 3.63. The smallest absolute Gasteiger partial charge is 0.264 e. The molecule has 106 valence electrons. The minimum atomic E-state index is -4.06. The van der Waals surface area contributed by atoms with E-state index in [-0.39, 0.29) is 16.3 Å². The van der Waals surface area contributed by atoms with E-state index in [9.17, 15) is 17.2 Å². The van der Waals surface area contributed by atoms with Crippen LogP contribution in [0.4, 0.5) is 20.2 Å². The summed E-state index contributed by atoms with van der Waals surface area (Å²) in [6.45, 7) is 0. The van der Waals surface area contributed by atoms with Crippen molar-refractivity contribution in [1.29, 1.82) is 0 Å². The Morgan fingerprint density at radius 3 is 2.30 bits per heavy atom. The molecule has 0 radical (unpaired) electrons. The number of rotatable bonds is 3. The molecule has 2 N–H and O–H groups in total. The van der Waals surface area contributed by atoms with E-state index in [1.807, 2.05) is 0 Å². The molecular weight excluding hydrogens is 286 g/mol. The van der Waals surface area contributed by atoms with Crippen molar-refractivity contribution in [3.8, 4) is 0 Å². The molecule has 7 heteroatoms. The first kappa shape index (κ1) is 14.3. The molecule has 0 fully saturated rings. The van der Waals surface area contributed by atoms with Crippen LogP contribution >= 0.6 is 0 Å². The van der Waals surface area contributed by atoms with E-state index in [4.69, 9.17) is 5.73 Å². The largest absolute Gasteiger partial charge is 0.396 e. The Morgan fingerprint density at radius 1 is 1.05 bits per heavy atom. The van der Waals surface area contributed by atoms with Gasteiger partial charge in [0.1, 0.15) is 11.6 Å². The van der Waals surface area contributed by atoms with E-state index in [1.54, 1.807) is 0 Å². The summed E-state index contributed by atoms with van der Waals surface area (Å²) < 4.78 is 52.4. The number of anilines is 2. The van der Waals surface area contributed by atoms with Crippen molar-refractivity contribution in [3.63, 3.8) is 0 Å². The fraction of sp³-hybridized carbons (Fsp3) is 0.0769. The zero-order valence-corrected chi connectivity index (χ0v) is 11.4. The molecule has 0 aliphatic heterocycles. The minimum Gasteiger partial charge on any atom is -0.396 e. The third kappa shape index (κ3) is 2.44. The topological polar surface area (TPSA) is 63.4 Å². The Hall–Kier alpha value is -2.15. The van der Waals surface area contributed by atoms with Crippen molar-refractivity contribution in [2.24, 2.45) is 0 Å². The van der Waals surface area contributed by atoms with Gasteiger partial charge in [-0.1, -0.05) is 12.1 Å². The SMILES string of the molecule is CN(c1ccccc1F)S(=O)(=O)c1ccc(N)c(F)c1. The number of sulfonamides is 1. The number of benzene rings is 2. The predicted molar refractivity (Wildman–Crippen MR) is 72.8 cm³/mol. The first-order chi connectivity index (χ1) is 9.34. The van der Waals surface area contributed by atoms with Crippen molar-refractivity contribution in [3.05, 3.63) is 54.1 Å². The molecule has 0 heterocycles. The van der Waals surface area contributed by atoms with E-state index in [2.05, 4.69) is 0 Å². The number of para-hydroxylation sites is 1. The van der Waals surface area contributed by atoms with Gasteiger partial charge in [0.05, 0.1) is 16.3 Å². The number of hydrogen-bond acceptors (Lipinski definition) is 3. The molecule has 2 rings (SSSR count). The summed E-state index contributed by atoms with van der Waals surface area (Å²) in [5.74, 6) is -1.53. The fourth-order valence-electron chi connectivity index (χ4n) is 1.66. The van der Waals surface area contributed by atoms with Gasteiger partial charge in [-0.2, -0.15) is 0 Å². The number of halogens is 2. The zero-order chi connectivity index (χ0) is 14.9. The maximum atomic E-state index is 13.6. The molecule has 0 aliphatic rings. The number of nitrogens with zero attached hydrogens (tertiary/aromatic N) is 1. The van der Waals surface area contributed by atoms with Crippen LogP contribution in [0, 0.1) is 11.6 Å². The van der Waals surface area contributed by atoms with Gasteiger partial charge in [-0.25, -0.2) is 17.2 Å². The van der Waals surface area contributed by atoms with E-state index < -0.39 is 21.7 Å². The van der Waals surface area contributed by atoms with Gasteiger partial charge in [0.15, 0.2) is 0 Å². The van der Waals surface area contributed by atoms with Crippen molar-refractivity contribution in [2.45, 2.75) is 4.90 Å².